The van der Waals surface area contributed by atoms with Gasteiger partial charge in [-0.1, -0.05) is 19.1 Å². The Balaban J connectivity index is 1.95. The predicted molar refractivity (Wildman–Crippen MR) is 68.4 cm³/mol. The van der Waals surface area contributed by atoms with E-state index in [0.717, 1.165) is 13.0 Å². The Morgan fingerprint density at radius 3 is 2.75 bits per heavy atom. The first-order valence-corrected chi connectivity index (χ1v) is 7.00. The van der Waals surface area contributed by atoms with Crippen molar-refractivity contribution in [3.8, 4) is 0 Å². The van der Waals surface area contributed by atoms with Crippen LogP contribution in [0.3, 0.4) is 0 Å². The maximum absolute atomic E-state index is 12.8. The fourth-order valence-electron chi connectivity index (χ4n) is 2.21. The Bertz CT molecular complexity index is 325. The van der Waals surface area contributed by atoms with Crippen molar-refractivity contribution >= 4 is 11.8 Å². The van der Waals surface area contributed by atoms with Crippen molar-refractivity contribution in [3.05, 3.63) is 35.6 Å². The molecule has 0 saturated carbocycles. The molecule has 0 spiro atoms. The lowest BCUT2D eigenvalue weighted by Crippen LogP contribution is -2.36. The SMILES string of the molecule is CCNC1CSCC1Cc1ccc(F)cc1. The van der Waals surface area contributed by atoms with Crippen LogP contribution in [0.5, 0.6) is 0 Å². The van der Waals surface area contributed by atoms with Gasteiger partial charge in [-0.15, -0.1) is 0 Å². The zero-order valence-corrected chi connectivity index (χ0v) is 10.4. The summed E-state index contributed by atoms with van der Waals surface area (Å²) < 4.78 is 12.8. The number of halogens is 1. The van der Waals surface area contributed by atoms with Crippen LogP contribution in [0.25, 0.3) is 0 Å². The van der Waals surface area contributed by atoms with E-state index >= 15 is 0 Å². The third kappa shape index (κ3) is 2.98. The molecule has 3 heteroatoms. The van der Waals surface area contributed by atoms with Gasteiger partial charge in [-0.2, -0.15) is 11.8 Å². The Labute approximate surface area is 101 Å². The van der Waals surface area contributed by atoms with E-state index in [1.54, 1.807) is 12.1 Å². The van der Waals surface area contributed by atoms with Gasteiger partial charge in [-0.05, 0) is 42.3 Å². The van der Waals surface area contributed by atoms with Gasteiger partial charge >= 0.3 is 0 Å². The minimum Gasteiger partial charge on any atom is -0.313 e. The first-order valence-electron chi connectivity index (χ1n) is 5.85. The van der Waals surface area contributed by atoms with Crippen LogP contribution in [0.4, 0.5) is 4.39 Å². The number of rotatable bonds is 4. The van der Waals surface area contributed by atoms with Crippen LogP contribution in [0.2, 0.25) is 0 Å². The molecule has 1 heterocycles. The lowest BCUT2D eigenvalue weighted by molar-refractivity contribution is 0.433. The minimum atomic E-state index is -0.146. The smallest absolute Gasteiger partial charge is 0.123 e. The highest BCUT2D eigenvalue weighted by Crippen LogP contribution is 2.27. The van der Waals surface area contributed by atoms with Gasteiger partial charge in [0.15, 0.2) is 0 Å². The summed E-state index contributed by atoms with van der Waals surface area (Å²) in [6.45, 7) is 3.18. The standard InChI is InChI=1S/C13H18FNS/c1-2-15-13-9-16-8-11(13)7-10-3-5-12(14)6-4-10/h3-6,11,13,15H,2,7-9H2,1H3. The van der Waals surface area contributed by atoms with Crippen molar-refractivity contribution in [2.24, 2.45) is 5.92 Å². The maximum atomic E-state index is 12.8. The molecule has 0 aliphatic carbocycles. The zero-order valence-electron chi connectivity index (χ0n) is 9.58. The first-order chi connectivity index (χ1) is 7.79. The van der Waals surface area contributed by atoms with Gasteiger partial charge in [0, 0.05) is 11.8 Å². The normalized spacial score (nSPS) is 24.9. The Morgan fingerprint density at radius 2 is 2.06 bits per heavy atom. The molecule has 0 bridgehead atoms. The van der Waals surface area contributed by atoms with E-state index in [9.17, 15) is 4.39 Å². The summed E-state index contributed by atoms with van der Waals surface area (Å²) in [4.78, 5) is 0. The van der Waals surface area contributed by atoms with E-state index in [1.165, 1.54) is 17.1 Å². The summed E-state index contributed by atoms with van der Waals surface area (Å²) in [5.74, 6) is 2.97. The Morgan fingerprint density at radius 1 is 1.31 bits per heavy atom. The molecule has 1 aliphatic heterocycles. The molecule has 1 aromatic rings. The molecule has 1 nitrogen and oxygen atoms in total. The number of benzene rings is 1. The van der Waals surface area contributed by atoms with E-state index < -0.39 is 0 Å². The molecular formula is C13H18FNS. The second-order valence-electron chi connectivity index (χ2n) is 4.29. The molecule has 1 fully saturated rings. The van der Waals surface area contributed by atoms with Gasteiger partial charge in [0.05, 0.1) is 0 Å². The average Bonchev–Trinajstić information content (AvgIpc) is 2.70. The lowest BCUT2D eigenvalue weighted by atomic mass is 9.95. The maximum Gasteiger partial charge on any atom is 0.123 e. The highest BCUT2D eigenvalue weighted by molar-refractivity contribution is 7.99. The van der Waals surface area contributed by atoms with Crippen LogP contribution in [-0.4, -0.2) is 24.1 Å². The van der Waals surface area contributed by atoms with Gasteiger partial charge in [0.25, 0.3) is 0 Å². The summed E-state index contributed by atoms with van der Waals surface area (Å²) in [6.07, 6.45) is 1.06. The monoisotopic (exact) mass is 239 g/mol. The second kappa shape index (κ2) is 5.69. The Kier molecular flexibility index (Phi) is 4.24. The van der Waals surface area contributed by atoms with Crippen LogP contribution in [0.15, 0.2) is 24.3 Å². The molecule has 1 saturated heterocycles. The molecule has 16 heavy (non-hydrogen) atoms. The third-order valence-corrected chi connectivity index (χ3v) is 4.33. The molecule has 0 amide bonds. The van der Waals surface area contributed by atoms with Crippen molar-refractivity contribution < 1.29 is 4.39 Å². The highest BCUT2D eigenvalue weighted by Gasteiger charge is 2.26. The fourth-order valence-corrected chi connectivity index (χ4v) is 3.64. The molecule has 0 radical (unpaired) electrons. The molecule has 1 aromatic carbocycles. The van der Waals surface area contributed by atoms with Crippen LogP contribution in [0.1, 0.15) is 12.5 Å². The van der Waals surface area contributed by atoms with Crippen molar-refractivity contribution in [2.75, 3.05) is 18.1 Å². The summed E-state index contributed by atoms with van der Waals surface area (Å²) in [5, 5.41) is 3.53. The number of nitrogens with one attached hydrogen (secondary N) is 1. The predicted octanol–water partition coefficient (Wildman–Crippen LogP) is 2.71. The summed E-state index contributed by atoms with van der Waals surface area (Å²) in [7, 11) is 0. The Hall–Kier alpha value is -0.540. The minimum absolute atomic E-state index is 0.146. The molecule has 0 aromatic heterocycles. The van der Waals surface area contributed by atoms with Gasteiger partial charge in [-0.25, -0.2) is 4.39 Å². The quantitative estimate of drug-likeness (QED) is 0.867. The highest BCUT2D eigenvalue weighted by atomic mass is 32.2. The van der Waals surface area contributed by atoms with Crippen molar-refractivity contribution in [1.29, 1.82) is 0 Å². The summed E-state index contributed by atoms with van der Waals surface area (Å²) >= 11 is 2.02. The van der Waals surface area contributed by atoms with E-state index in [-0.39, 0.29) is 5.82 Å². The van der Waals surface area contributed by atoms with Gasteiger partial charge in [-0.3, -0.25) is 0 Å². The van der Waals surface area contributed by atoms with Gasteiger partial charge in [0.1, 0.15) is 5.82 Å². The largest absolute Gasteiger partial charge is 0.313 e. The van der Waals surface area contributed by atoms with Crippen LogP contribution in [0, 0.1) is 11.7 Å². The third-order valence-electron chi connectivity index (χ3n) is 3.08. The van der Waals surface area contributed by atoms with Crippen molar-refractivity contribution in [2.45, 2.75) is 19.4 Å². The van der Waals surface area contributed by atoms with E-state index in [1.807, 2.05) is 23.9 Å². The van der Waals surface area contributed by atoms with E-state index in [0.29, 0.717) is 12.0 Å². The molecular weight excluding hydrogens is 221 g/mol. The first kappa shape index (κ1) is 11.9. The van der Waals surface area contributed by atoms with Crippen molar-refractivity contribution in [3.63, 3.8) is 0 Å². The van der Waals surface area contributed by atoms with Crippen LogP contribution < -0.4 is 5.32 Å². The lowest BCUT2D eigenvalue weighted by Gasteiger charge is -2.19. The molecule has 2 atom stereocenters. The average molecular weight is 239 g/mol. The molecule has 88 valence electrons. The van der Waals surface area contributed by atoms with Gasteiger partial charge in [0.2, 0.25) is 0 Å². The van der Waals surface area contributed by atoms with Gasteiger partial charge < -0.3 is 5.32 Å². The van der Waals surface area contributed by atoms with E-state index in [2.05, 4.69) is 12.2 Å². The fraction of sp³-hybridized carbons (Fsp3) is 0.538. The molecule has 2 unspecified atom stereocenters. The van der Waals surface area contributed by atoms with Crippen molar-refractivity contribution in [1.82, 2.24) is 5.32 Å². The zero-order chi connectivity index (χ0) is 11.4. The molecule has 2 rings (SSSR count). The van der Waals surface area contributed by atoms with Crippen LogP contribution >= 0.6 is 11.8 Å². The topological polar surface area (TPSA) is 12.0 Å². The van der Waals surface area contributed by atoms with E-state index in [4.69, 9.17) is 0 Å². The summed E-state index contributed by atoms with van der Waals surface area (Å²) in [6, 6.07) is 7.54. The molecule has 1 N–H and O–H groups in total. The molecule has 1 aliphatic rings. The second-order valence-corrected chi connectivity index (χ2v) is 5.37. The van der Waals surface area contributed by atoms with Crippen LogP contribution in [-0.2, 0) is 6.42 Å². The summed E-state index contributed by atoms with van der Waals surface area (Å²) in [5.41, 5.74) is 1.25. The number of hydrogen-bond acceptors (Lipinski definition) is 2. The number of hydrogen-bond donors (Lipinski definition) is 1. The number of thioether (sulfide) groups is 1.